The molecular formula is C17H20N4O4. The summed E-state index contributed by atoms with van der Waals surface area (Å²) in [5.41, 5.74) is 1.30. The van der Waals surface area contributed by atoms with Crippen molar-refractivity contribution in [3.63, 3.8) is 0 Å². The van der Waals surface area contributed by atoms with E-state index in [4.69, 9.17) is 4.74 Å². The molecule has 0 radical (unpaired) electrons. The molecule has 8 nitrogen and oxygen atoms in total. The van der Waals surface area contributed by atoms with Gasteiger partial charge in [-0.1, -0.05) is 0 Å². The summed E-state index contributed by atoms with van der Waals surface area (Å²) < 4.78 is 5.00. The van der Waals surface area contributed by atoms with Gasteiger partial charge in [0.05, 0.1) is 24.2 Å². The Bertz CT molecular complexity index is 793. The molecule has 1 saturated heterocycles. The van der Waals surface area contributed by atoms with E-state index in [9.17, 15) is 14.4 Å². The van der Waals surface area contributed by atoms with Gasteiger partial charge in [0.25, 0.3) is 0 Å². The van der Waals surface area contributed by atoms with Crippen LogP contribution in [0.25, 0.3) is 10.9 Å². The third kappa shape index (κ3) is 3.78. The van der Waals surface area contributed by atoms with E-state index < -0.39 is 11.8 Å². The number of esters is 1. The van der Waals surface area contributed by atoms with Gasteiger partial charge in [0, 0.05) is 24.2 Å². The highest BCUT2D eigenvalue weighted by atomic mass is 16.5. The Morgan fingerprint density at radius 2 is 2.08 bits per heavy atom. The van der Waals surface area contributed by atoms with Gasteiger partial charge >= 0.3 is 17.8 Å². The molecule has 1 aromatic carbocycles. The normalized spacial score (nSPS) is 15.2. The summed E-state index contributed by atoms with van der Waals surface area (Å²) in [5, 5.41) is 10.3. The van der Waals surface area contributed by atoms with Crippen LogP contribution in [0, 0.1) is 5.92 Å². The quantitative estimate of drug-likeness (QED) is 0.645. The second kappa shape index (κ2) is 7.33. The zero-order chi connectivity index (χ0) is 17.8. The Hall–Kier alpha value is -2.90. The molecule has 8 heteroatoms. The Morgan fingerprint density at radius 3 is 2.80 bits per heavy atom. The first-order valence-corrected chi connectivity index (χ1v) is 8.28. The molecule has 2 heterocycles. The number of ether oxygens (including phenoxy) is 1. The fraction of sp³-hybridized carbons (Fsp3) is 0.412. The number of rotatable bonds is 3. The third-order valence-electron chi connectivity index (χ3n) is 4.30. The van der Waals surface area contributed by atoms with Crippen molar-refractivity contribution >= 4 is 34.4 Å². The number of carbonyl (C=O) groups excluding carboxylic acids is 3. The number of aromatic nitrogens is 2. The van der Waals surface area contributed by atoms with Crippen LogP contribution in [0.5, 0.6) is 0 Å². The number of anilines is 1. The second-order valence-corrected chi connectivity index (χ2v) is 5.94. The summed E-state index contributed by atoms with van der Waals surface area (Å²) in [4.78, 5) is 37.7. The molecule has 2 amide bonds. The minimum Gasteiger partial charge on any atom is -0.466 e. The highest BCUT2D eigenvalue weighted by molar-refractivity contribution is 6.39. The van der Waals surface area contributed by atoms with Crippen molar-refractivity contribution in [3.05, 3.63) is 24.4 Å². The smallest absolute Gasteiger partial charge is 0.313 e. The molecule has 25 heavy (non-hydrogen) atoms. The third-order valence-corrected chi connectivity index (χ3v) is 4.30. The number of hydrogen-bond acceptors (Lipinski definition) is 5. The Morgan fingerprint density at radius 1 is 1.32 bits per heavy atom. The first kappa shape index (κ1) is 16.9. The summed E-state index contributed by atoms with van der Waals surface area (Å²) in [6.07, 6.45) is 2.70. The van der Waals surface area contributed by atoms with Gasteiger partial charge in [0.2, 0.25) is 0 Å². The Kier molecular flexibility index (Phi) is 4.97. The van der Waals surface area contributed by atoms with Gasteiger partial charge in [-0.3, -0.25) is 19.5 Å². The maximum absolute atomic E-state index is 12.3. The van der Waals surface area contributed by atoms with E-state index >= 15 is 0 Å². The van der Waals surface area contributed by atoms with Crippen LogP contribution in [0.2, 0.25) is 0 Å². The largest absolute Gasteiger partial charge is 0.466 e. The summed E-state index contributed by atoms with van der Waals surface area (Å²) >= 11 is 0. The first-order valence-electron chi connectivity index (χ1n) is 8.28. The van der Waals surface area contributed by atoms with Gasteiger partial charge < -0.3 is 15.0 Å². The van der Waals surface area contributed by atoms with Crippen LogP contribution in [0.15, 0.2) is 24.4 Å². The number of fused-ring (bicyclic) bond motifs is 1. The fourth-order valence-electron chi connectivity index (χ4n) is 2.92. The predicted octanol–water partition coefficient (Wildman–Crippen LogP) is 1.30. The van der Waals surface area contributed by atoms with Crippen molar-refractivity contribution < 1.29 is 19.1 Å². The van der Waals surface area contributed by atoms with E-state index in [0.29, 0.717) is 38.2 Å². The molecule has 1 aromatic heterocycles. The highest BCUT2D eigenvalue weighted by Gasteiger charge is 2.30. The van der Waals surface area contributed by atoms with E-state index in [1.165, 1.54) is 4.90 Å². The number of aromatic amines is 1. The topological polar surface area (TPSA) is 104 Å². The van der Waals surface area contributed by atoms with Crippen molar-refractivity contribution in [3.8, 4) is 0 Å². The molecule has 1 aliphatic rings. The van der Waals surface area contributed by atoms with Gasteiger partial charge in [-0.25, -0.2) is 0 Å². The van der Waals surface area contributed by atoms with Gasteiger partial charge in [0.1, 0.15) is 0 Å². The van der Waals surface area contributed by atoms with Crippen molar-refractivity contribution in [2.45, 2.75) is 19.8 Å². The zero-order valence-electron chi connectivity index (χ0n) is 13.9. The van der Waals surface area contributed by atoms with Crippen LogP contribution in [0.3, 0.4) is 0 Å². The van der Waals surface area contributed by atoms with Gasteiger partial charge in [-0.05, 0) is 38.0 Å². The molecule has 0 aliphatic carbocycles. The number of nitrogens with one attached hydrogen (secondary N) is 2. The lowest BCUT2D eigenvalue weighted by Crippen LogP contribution is -2.45. The molecule has 0 spiro atoms. The fourth-order valence-corrected chi connectivity index (χ4v) is 2.92. The first-order chi connectivity index (χ1) is 12.1. The Labute approximate surface area is 144 Å². The van der Waals surface area contributed by atoms with Crippen LogP contribution < -0.4 is 5.32 Å². The maximum Gasteiger partial charge on any atom is 0.313 e. The van der Waals surface area contributed by atoms with Gasteiger partial charge in [-0.15, -0.1) is 0 Å². The maximum atomic E-state index is 12.3. The molecule has 132 valence electrons. The number of nitrogens with zero attached hydrogens (tertiary/aromatic N) is 2. The number of likely N-dealkylation sites (tertiary alicyclic amines) is 1. The summed E-state index contributed by atoms with van der Waals surface area (Å²) in [6.45, 7) is 2.85. The minimum absolute atomic E-state index is 0.199. The zero-order valence-corrected chi connectivity index (χ0v) is 13.9. The van der Waals surface area contributed by atoms with Gasteiger partial charge in [-0.2, -0.15) is 5.10 Å². The number of carbonyl (C=O) groups is 3. The van der Waals surface area contributed by atoms with E-state index in [-0.39, 0.29) is 11.9 Å². The molecule has 0 saturated carbocycles. The van der Waals surface area contributed by atoms with E-state index in [2.05, 4.69) is 15.5 Å². The lowest BCUT2D eigenvalue weighted by Gasteiger charge is -2.30. The predicted molar refractivity (Wildman–Crippen MR) is 90.7 cm³/mol. The van der Waals surface area contributed by atoms with Crippen LogP contribution >= 0.6 is 0 Å². The molecule has 1 fully saturated rings. The lowest BCUT2D eigenvalue weighted by molar-refractivity contribution is -0.152. The number of hydrogen-bond donors (Lipinski definition) is 2. The van der Waals surface area contributed by atoms with Crippen molar-refractivity contribution in [2.75, 3.05) is 25.0 Å². The molecule has 1 aliphatic heterocycles. The van der Waals surface area contributed by atoms with Crippen LogP contribution in [0.1, 0.15) is 19.8 Å². The van der Waals surface area contributed by atoms with Crippen molar-refractivity contribution in [2.24, 2.45) is 5.92 Å². The number of benzene rings is 1. The highest BCUT2D eigenvalue weighted by Crippen LogP contribution is 2.20. The molecular weight excluding hydrogens is 324 g/mol. The molecule has 0 bridgehead atoms. The van der Waals surface area contributed by atoms with E-state index in [1.54, 1.807) is 25.3 Å². The summed E-state index contributed by atoms with van der Waals surface area (Å²) in [7, 11) is 0. The number of amides is 2. The van der Waals surface area contributed by atoms with Crippen LogP contribution in [0.4, 0.5) is 5.69 Å². The van der Waals surface area contributed by atoms with Crippen molar-refractivity contribution in [1.82, 2.24) is 15.1 Å². The standard InChI is InChI=1S/C17H20N4O4/c1-2-25-17(24)11-5-7-21(8-6-11)16(23)15(22)19-13-4-3-12-10-18-20-14(12)9-13/h3-4,9-11H,2,5-8H2,1H3,(H,18,20)(H,19,22). The van der Waals surface area contributed by atoms with Crippen LogP contribution in [-0.4, -0.2) is 52.6 Å². The molecule has 2 N–H and O–H groups in total. The van der Waals surface area contributed by atoms with E-state index in [1.807, 2.05) is 6.07 Å². The minimum atomic E-state index is -0.687. The number of piperidine rings is 1. The SMILES string of the molecule is CCOC(=O)C1CCN(C(=O)C(=O)Nc2ccc3cn[nH]c3c2)CC1. The molecule has 3 rings (SSSR count). The number of H-pyrrole nitrogens is 1. The molecule has 0 atom stereocenters. The second-order valence-electron chi connectivity index (χ2n) is 5.94. The average molecular weight is 344 g/mol. The monoisotopic (exact) mass is 344 g/mol. The van der Waals surface area contributed by atoms with Gasteiger partial charge in [0.15, 0.2) is 0 Å². The molecule has 2 aromatic rings. The van der Waals surface area contributed by atoms with Crippen LogP contribution in [-0.2, 0) is 19.1 Å². The van der Waals surface area contributed by atoms with Crippen molar-refractivity contribution in [1.29, 1.82) is 0 Å². The lowest BCUT2D eigenvalue weighted by atomic mass is 9.97. The molecule has 0 unspecified atom stereocenters. The summed E-state index contributed by atoms with van der Waals surface area (Å²) in [5.74, 6) is -1.71. The summed E-state index contributed by atoms with van der Waals surface area (Å²) in [6, 6.07) is 5.25. The average Bonchev–Trinajstić information content (AvgIpc) is 3.09. The van der Waals surface area contributed by atoms with E-state index in [0.717, 1.165) is 10.9 Å². The Balaban J connectivity index is 1.56.